The molecule has 0 saturated carbocycles. The van der Waals surface area contributed by atoms with E-state index in [4.69, 9.17) is 22.2 Å². The van der Waals surface area contributed by atoms with Crippen LogP contribution in [0.25, 0.3) is 0 Å². The molecule has 0 aliphatic carbocycles. The van der Waals surface area contributed by atoms with Gasteiger partial charge in [0.1, 0.15) is 5.75 Å². The Labute approximate surface area is 124 Å². The summed E-state index contributed by atoms with van der Waals surface area (Å²) in [7, 11) is 0. The van der Waals surface area contributed by atoms with Crippen molar-refractivity contribution in [1.82, 2.24) is 5.43 Å². The maximum atomic E-state index is 6.03. The van der Waals surface area contributed by atoms with Gasteiger partial charge in [-0.3, -0.25) is 5.84 Å². The van der Waals surface area contributed by atoms with E-state index in [2.05, 4.69) is 5.43 Å². The van der Waals surface area contributed by atoms with Crippen molar-refractivity contribution in [3.05, 3.63) is 64.7 Å². The lowest BCUT2D eigenvalue weighted by molar-refractivity contribution is 0.242. The van der Waals surface area contributed by atoms with Gasteiger partial charge in [0.2, 0.25) is 0 Å². The number of hydrogen-bond acceptors (Lipinski definition) is 3. The monoisotopic (exact) mass is 290 g/mol. The van der Waals surface area contributed by atoms with Crippen molar-refractivity contribution in [2.24, 2.45) is 5.84 Å². The zero-order valence-electron chi connectivity index (χ0n) is 11.6. The van der Waals surface area contributed by atoms with E-state index >= 15 is 0 Å². The van der Waals surface area contributed by atoms with Crippen LogP contribution in [-0.4, -0.2) is 6.10 Å². The van der Waals surface area contributed by atoms with Gasteiger partial charge in [0, 0.05) is 5.02 Å². The van der Waals surface area contributed by atoms with Gasteiger partial charge in [0.05, 0.1) is 12.1 Å². The second kappa shape index (κ2) is 6.75. The molecule has 2 aromatic carbocycles. The van der Waals surface area contributed by atoms with Crippen molar-refractivity contribution in [3.8, 4) is 5.75 Å². The van der Waals surface area contributed by atoms with Gasteiger partial charge in [-0.1, -0.05) is 35.9 Å². The number of benzene rings is 2. The van der Waals surface area contributed by atoms with Gasteiger partial charge < -0.3 is 4.74 Å². The quantitative estimate of drug-likeness (QED) is 0.652. The lowest BCUT2D eigenvalue weighted by Crippen LogP contribution is -2.28. The summed E-state index contributed by atoms with van der Waals surface area (Å²) in [5, 5.41) is 0.697. The molecular formula is C16H19ClN2O. The molecule has 0 bridgehead atoms. The maximum absolute atomic E-state index is 6.03. The second-order valence-corrected chi connectivity index (χ2v) is 5.33. The van der Waals surface area contributed by atoms with Crippen LogP contribution in [0.1, 0.15) is 31.0 Å². The fourth-order valence-corrected chi connectivity index (χ4v) is 2.28. The largest absolute Gasteiger partial charge is 0.491 e. The molecule has 3 nitrogen and oxygen atoms in total. The van der Waals surface area contributed by atoms with Crippen molar-refractivity contribution in [2.75, 3.05) is 0 Å². The van der Waals surface area contributed by atoms with E-state index in [9.17, 15) is 0 Å². The molecule has 0 aliphatic rings. The Morgan fingerprint density at radius 2 is 1.75 bits per heavy atom. The van der Waals surface area contributed by atoms with Crippen molar-refractivity contribution >= 4 is 11.6 Å². The Bertz CT molecular complexity index is 555. The minimum atomic E-state index is -0.0956. The number of hydrogen-bond donors (Lipinski definition) is 2. The number of hydrazine groups is 1. The SMILES string of the molecule is CC(C)Oc1ccc(C(NN)c2cccc(Cl)c2)cc1. The van der Waals surface area contributed by atoms with Gasteiger partial charge >= 0.3 is 0 Å². The van der Waals surface area contributed by atoms with Crippen LogP contribution in [0.3, 0.4) is 0 Å². The molecule has 0 saturated heterocycles. The minimum absolute atomic E-state index is 0.0956. The molecule has 1 unspecified atom stereocenters. The standard InChI is InChI=1S/C16H19ClN2O/c1-11(2)20-15-8-6-12(7-9-15)16(19-18)13-4-3-5-14(17)10-13/h3-11,16,19H,18H2,1-2H3. The van der Waals surface area contributed by atoms with Crippen LogP contribution in [0.2, 0.25) is 5.02 Å². The highest BCUT2D eigenvalue weighted by molar-refractivity contribution is 6.30. The predicted octanol–water partition coefficient (Wildman–Crippen LogP) is 3.68. The van der Waals surface area contributed by atoms with E-state index in [0.29, 0.717) is 5.02 Å². The van der Waals surface area contributed by atoms with Crippen molar-refractivity contribution in [3.63, 3.8) is 0 Å². The molecule has 0 fully saturated rings. The molecule has 3 N–H and O–H groups in total. The third-order valence-corrected chi connectivity index (χ3v) is 3.17. The molecule has 4 heteroatoms. The van der Waals surface area contributed by atoms with E-state index in [0.717, 1.165) is 16.9 Å². The first-order chi connectivity index (χ1) is 9.60. The normalized spacial score (nSPS) is 12.4. The van der Waals surface area contributed by atoms with Gasteiger partial charge in [0.15, 0.2) is 0 Å². The fourth-order valence-electron chi connectivity index (χ4n) is 2.08. The molecule has 106 valence electrons. The number of nitrogens with two attached hydrogens (primary N) is 1. The number of halogens is 1. The Kier molecular flexibility index (Phi) is 5.01. The van der Waals surface area contributed by atoms with Crippen LogP contribution in [0.15, 0.2) is 48.5 Å². The first-order valence-corrected chi connectivity index (χ1v) is 6.96. The van der Waals surface area contributed by atoms with Crippen LogP contribution < -0.4 is 16.0 Å². The zero-order valence-corrected chi connectivity index (χ0v) is 12.4. The molecule has 1 atom stereocenters. The summed E-state index contributed by atoms with van der Waals surface area (Å²) in [5.74, 6) is 6.53. The highest BCUT2D eigenvalue weighted by Crippen LogP contribution is 2.25. The summed E-state index contributed by atoms with van der Waals surface area (Å²) >= 11 is 6.03. The van der Waals surface area contributed by atoms with Crippen LogP contribution in [-0.2, 0) is 0 Å². The Balaban J connectivity index is 2.23. The van der Waals surface area contributed by atoms with Crippen molar-refractivity contribution in [2.45, 2.75) is 26.0 Å². The fraction of sp³-hybridized carbons (Fsp3) is 0.250. The third kappa shape index (κ3) is 3.73. The molecule has 0 radical (unpaired) electrons. The molecule has 0 aromatic heterocycles. The minimum Gasteiger partial charge on any atom is -0.491 e. The number of nitrogens with one attached hydrogen (secondary N) is 1. The lowest BCUT2D eigenvalue weighted by Gasteiger charge is -2.18. The van der Waals surface area contributed by atoms with Gasteiger partial charge in [0.25, 0.3) is 0 Å². The van der Waals surface area contributed by atoms with Crippen molar-refractivity contribution in [1.29, 1.82) is 0 Å². The first-order valence-electron chi connectivity index (χ1n) is 6.58. The number of ether oxygens (including phenoxy) is 1. The van der Waals surface area contributed by atoms with Crippen molar-refractivity contribution < 1.29 is 4.74 Å². The van der Waals surface area contributed by atoms with E-state index < -0.39 is 0 Å². The van der Waals surface area contributed by atoms with Crippen LogP contribution in [0.4, 0.5) is 0 Å². The zero-order chi connectivity index (χ0) is 14.5. The molecule has 0 aliphatic heterocycles. The summed E-state index contributed by atoms with van der Waals surface area (Å²) in [5.41, 5.74) is 4.91. The van der Waals surface area contributed by atoms with Crippen LogP contribution in [0, 0.1) is 0 Å². The molecule has 0 spiro atoms. The summed E-state index contributed by atoms with van der Waals surface area (Å²) in [6.07, 6.45) is 0.164. The Hall–Kier alpha value is -1.55. The second-order valence-electron chi connectivity index (χ2n) is 4.89. The average molecular weight is 291 g/mol. The topological polar surface area (TPSA) is 47.3 Å². The summed E-state index contributed by atoms with van der Waals surface area (Å²) < 4.78 is 5.63. The summed E-state index contributed by atoms with van der Waals surface area (Å²) in [6.45, 7) is 4.01. The highest BCUT2D eigenvalue weighted by atomic mass is 35.5. The number of rotatable bonds is 5. The molecule has 20 heavy (non-hydrogen) atoms. The predicted molar refractivity (Wildman–Crippen MR) is 82.8 cm³/mol. The lowest BCUT2D eigenvalue weighted by atomic mass is 9.99. The molecule has 2 rings (SSSR count). The van der Waals surface area contributed by atoms with Gasteiger partial charge in [-0.25, -0.2) is 5.43 Å². The Morgan fingerprint density at radius 1 is 1.05 bits per heavy atom. The third-order valence-electron chi connectivity index (χ3n) is 2.93. The van der Waals surface area contributed by atoms with E-state index in [1.165, 1.54) is 0 Å². The van der Waals surface area contributed by atoms with Gasteiger partial charge in [-0.15, -0.1) is 0 Å². The Morgan fingerprint density at radius 3 is 2.30 bits per heavy atom. The molecule has 0 heterocycles. The summed E-state index contributed by atoms with van der Waals surface area (Å²) in [4.78, 5) is 0. The van der Waals surface area contributed by atoms with Crippen LogP contribution >= 0.6 is 11.6 Å². The first kappa shape index (κ1) is 14.9. The van der Waals surface area contributed by atoms with Gasteiger partial charge in [-0.05, 0) is 49.2 Å². The van der Waals surface area contributed by atoms with Crippen LogP contribution in [0.5, 0.6) is 5.75 Å². The van der Waals surface area contributed by atoms with E-state index in [1.807, 2.05) is 62.4 Å². The average Bonchev–Trinajstić information content (AvgIpc) is 2.41. The highest BCUT2D eigenvalue weighted by Gasteiger charge is 2.12. The van der Waals surface area contributed by atoms with Gasteiger partial charge in [-0.2, -0.15) is 0 Å². The molecule has 0 amide bonds. The maximum Gasteiger partial charge on any atom is 0.119 e. The van der Waals surface area contributed by atoms with E-state index in [-0.39, 0.29) is 12.1 Å². The molecular weight excluding hydrogens is 272 g/mol. The summed E-state index contributed by atoms with van der Waals surface area (Å²) in [6, 6.07) is 15.5. The molecule has 2 aromatic rings. The smallest absolute Gasteiger partial charge is 0.119 e. The van der Waals surface area contributed by atoms with E-state index in [1.54, 1.807) is 0 Å².